The molecular formula is C11H25NO. The van der Waals surface area contributed by atoms with Crippen LogP contribution >= 0.6 is 0 Å². The largest absolute Gasteiger partial charge is 0.381 e. The standard InChI is InChI=1S/C11H25NO/c1-6-13-9-10(2)7-8-12-11(3,4)5/h10,12H,6-9H2,1-5H3. The van der Waals surface area contributed by atoms with Crippen molar-refractivity contribution in [3.8, 4) is 0 Å². The van der Waals surface area contributed by atoms with Crippen LogP contribution in [0.2, 0.25) is 0 Å². The molecule has 13 heavy (non-hydrogen) atoms. The second-order valence-corrected chi connectivity index (χ2v) is 4.73. The zero-order valence-electron chi connectivity index (χ0n) is 9.81. The Bertz CT molecular complexity index is 118. The Kier molecular flexibility index (Phi) is 6.35. The zero-order chi connectivity index (χ0) is 10.3. The molecule has 0 saturated heterocycles. The van der Waals surface area contributed by atoms with Crippen LogP contribution in [-0.2, 0) is 4.74 Å². The number of rotatable bonds is 6. The van der Waals surface area contributed by atoms with E-state index >= 15 is 0 Å². The molecule has 80 valence electrons. The summed E-state index contributed by atoms with van der Waals surface area (Å²) in [5, 5.41) is 3.47. The van der Waals surface area contributed by atoms with Gasteiger partial charge in [0.05, 0.1) is 0 Å². The number of hydrogen-bond acceptors (Lipinski definition) is 2. The van der Waals surface area contributed by atoms with Crippen molar-refractivity contribution in [2.75, 3.05) is 19.8 Å². The summed E-state index contributed by atoms with van der Waals surface area (Å²) < 4.78 is 5.35. The van der Waals surface area contributed by atoms with Gasteiger partial charge in [-0.3, -0.25) is 0 Å². The van der Waals surface area contributed by atoms with Crippen LogP contribution in [0.1, 0.15) is 41.0 Å². The average Bonchev–Trinajstić information content (AvgIpc) is 1.98. The Morgan fingerprint density at radius 2 is 1.92 bits per heavy atom. The summed E-state index contributed by atoms with van der Waals surface area (Å²) in [6, 6.07) is 0. The van der Waals surface area contributed by atoms with E-state index in [0.29, 0.717) is 5.92 Å². The Morgan fingerprint density at radius 1 is 1.31 bits per heavy atom. The maximum atomic E-state index is 5.35. The van der Waals surface area contributed by atoms with Crippen LogP contribution in [0.5, 0.6) is 0 Å². The van der Waals surface area contributed by atoms with Crippen molar-refractivity contribution in [2.24, 2.45) is 5.92 Å². The molecule has 0 amide bonds. The van der Waals surface area contributed by atoms with E-state index in [2.05, 4.69) is 33.0 Å². The second-order valence-electron chi connectivity index (χ2n) is 4.73. The van der Waals surface area contributed by atoms with Crippen LogP contribution in [0.25, 0.3) is 0 Å². The smallest absolute Gasteiger partial charge is 0.0491 e. The van der Waals surface area contributed by atoms with Crippen molar-refractivity contribution in [3.63, 3.8) is 0 Å². The molecule has 1 unspecified atom stereocenters. The molecular weight excluding hydrogens is 162 g/mol. The monoisotopic (exact) mass is 187 g/mol. The summed E-state index contributed by atoms with van der Waals surface area (Å²) in [4.78, 5) is 0. The first-order valence-corrected chi connectivity index (χ1v) is 5.28. The minimum Gasteiger partial charge on any atom is -0.381 e. The first-order valence-electron chi connectivity index (χ1n) is 5.28. The predicted molar refractivity (Wildman–Crippen MR) is 58.0 cm³/mol. The third-order valence-corrected chi connectivity index (χ3v) is 1.90. The Hall–Kier alpha value is -0.0800. The van der Waals surface area contributed by atoms with E-state index in [1.807, 2.05) is 6.92 Å². The van der Waals surface area contributed by atoms with E-state index in [1.54, 1.807) is 0 Å². The molecule has 2 heteroatoms. The summed E-state index contributed by atoms with van der Waals surface area (Å²) in [7, 11) is 0. The van der Waals surface area contributed by atoms with E-state index in [-0.39, 0.29) is 5.54 Å². The Balaban J connectivity index is 3.31. The highest BCUT2D eigenvalue weighted by Crippen LogP contribution is 2.04. The van der Waals surface area contributed by atoms with Crippen LogP contribution in [0.3, 0.4) is 0 Å². The van der Waals surface area contributed by atoms with Gasteiger partial charge in [0.2, 0.25) is 0 Å². The van der Waals surface area contributed by atoms with Crippen molar-refractivity contribution >= 4 is 0 Å². The van der Waals surface area contributed by atoms with Gasteiger partial charge in [0, 0.05) is 18.8 Å². The van der Waals surface area contributed by atoms with Crippen LogP contribution in [0.4, 0.5) is 0 Å². The van der Waals surface area contributed by atoms with Crippen molar-refractivity contribution in [3.05, 3.63) is 0 Å². The molecule has 0 saturated carbocycles. The fraction of sp³-hybridized carbons (Fsp3) is 1.00. The minimum atomic E-state index is 0.241. The minimum absolute atomic E-state index is 0.241. The van der Waals surface area contributed by atoms with Crippen LogP contribution in [-0.4, -0.2) is 25.3 Å². The van der Waals surface area contributed by atoms with Crippen LogP contribution < -0.4 is 5.32 Å². The molecule has 1 atom stereocenters. The molecule has 0 aromatic rings. The van der Waals surface area contributed by atoms with Crippen molar-refractivity contribution < 1.29 is 4.74 Å². The molecule has 1 N–H and O–H groups in total. The molecule has 0 aliphatic carbocycles. The summed E-state index contributed by atoms with van der Waals surface area (Å²) in [6.45, 7) is 13.7. The third-order valence-electron chi connectivity index (χ3n) is 1.90. The number of nitrogens with one attached hydrogen (secondary N) is 1. The number of ether oxygens (including phenoxy) is 1. The maximum Gasteiger partial charge on any atom is 0.0491 e. The van der Waals surface area contributed by atoms with Crippen LogP contribution in [0.15, 0.2) is 0 Å². The lowest BCUT2D eigenvalue weighted by Gasteiger charge is -2.21. The summed E-state index contributed by atoms with van der Waals surface area (Å²) in [5.41, 5.74) is 0.241. The topological polar surface area (TPSA) is 21.3 Å². The molecule has 2 nitrogen and oxygen atoms in total. The van der Waals surface area contributed by atoms with Gasteiger partial charge in [0.25, 0.3) is 0 Å². The molecule has 0 spiro atoms. The summed E-state index contributed by atoms with van der Waals surface area (Å²) in [5.74, 6) is 0.662. The van der Waals surface area contributed by atoms with Gasteiger partial charge in [-0.05, 0) is 46.6 Å². The van der Waals surface area contributed by atoms with Gasteiger partial charge in [-0.25, -0.2) is 0 Å². The molecule has 0 bridgehead atoms. The highest BCUT2D eigenvalue weighted by Gasteiger charge is 2.09. The zero-order valence-corrected chi connectivity index (χ0v) is 9.81. The van der Waals surface area contributed by atoms with Gasteiger partial charge in [-0.2, -0.15) is 0 Å². The van der Waals surface area contributed by atoms with E-state index in [1.165, 1.54) is 6.42 Å². The number of hydrogen-bond donors (Lipinski definition) is 1. The molecule has 0 aliphatic rings. The lowest BCUT2D eigenvalue weighted by atomic mass is 10.1. The normalized spacial score (nSPS) is 14.5. The van der Waals surface area contributed by atoms with E-state index in [0.717, 1.165) is 19.8 Å². The van der Waals surface area contributed by atoms with Crippen LogP contribution in [0, 0.1) is 5.92 Å². The SMILES string of the molecule is CCOCC(C)CCNC(C)(C)C. The fourth-order valence-corrected chi connectivity index (χ4v) is 1.10. The van der Waals surface area contributed by atoms with E-state index in [9.17, 15) is 0 Å². The molecule has 0 aromatic heterocycles. The quantitative estimate of drug-likeness (QED) is 0.689. The van der Waals surface area contributed by atoms with Gasteiger partial charge < -0.3 is 10.1 Å². The average molecular weight is 187 g/mol. The molecule has 0 aliphatic heterocycles. The fourth-order valence-electron chi connectivity index (χ4n) is 1.10. The predicted octanol–water partition coefficient (Wildman–Crippen LogP) is 2.44. The molecule has 0 heterocycles. The van der Waals surface area contributed by atoms with E-state index < -0.39 is 0 Å². The van der Waals surface area contributed by atoms with Gasteiger partial charge in [-0.15, -0.1) is 0 Å². The maximum absolute atomic E-state index is 5.35. The molecule has 0 rings (SSSR count). The van der Waals surface area contributed by atoms with Gasteiger partial charge in [0.1, 0.15) is 0 Å². The Labute approximate surface area is 83.1 Å². The van der Waals surface area contributed by atoms with Gasteiger partial charge >= 0.3 is 0 Å². The lowest BCUT2D eigenvalue weighted by molar-refractivity contribution is 0.112. The first kappa shape index (κ1) is 12.9. The van der Waals surface area contributed by atoms with Crippen molar-refractivity contribution in [2.45, 2.75) is 46.6 Å². The highest BCUT2D eigenvalue weighted by atomic mass is 16.5. The Morgan fingerprint density at radius 3 is 2.38 bits per heavy atom. The van der Waals surface area contributed by atoms with E-state index in [4.69, 9.17) is 4.74 Å². The second kappa shape index (κ2) is 6.39. The van der Waals surface area contributed by atoms with Gasteiger partial charge in [0.15, 0.2) is 0 Å². The van der Waals surface area contributed by atoms with Gasteiger partial charge in [-0.1, -0.05) is 6.92 Å². The molecule has 0 aromatic carbocycles. The summed E-state index contributed by atoms with van der Waals surface area (Å²) >= 11 is 0. The highest BCUT2D eigenvalue weighted by molar-refractivity contribution is 4.70. The third kappa shape index (κ3) is 9.84. The molecule has 0 fully saturated rings. The molecule has 0 radical (unpaired) electrons. The van der Waals surface area contributed by atoms with Crippen molar-refractivity contribution in [1.82, 2.24) is 5.32 Å². The van der Waals surface area contributed by atoms with Crippen molar-refractivity contribution in [1.29, 1.82) is 0 Å². The first-order chi connectivity index (χ1) is 5.95. The lowest BCUT2D eigenvalue weighted by Crippen LogP contribution is -2.37. The summed E-state index contributed by atoms with van der Waals surface area (Å²) in [6.07, 6.45) is 1.19.